The number of hydrogen-bond donors (Lipinski definition) is 2. The summed E-state index contributed by atoms with van der Waals surface area (Å²) < 4.78 is 2.14. The van der Waals surface area contributed by atoms with Crippen molar-refractivity contribution in [3.05, 3.63) is 41.5 Å². The Bertz CT molecular complexity index is 1110. The molecule has 8 nitrogen and oxygen atoms in total. The Labute approximate surface area is 201 Å². The minimum absolute atomic E-state index is 0.160. The van der Waals surface area contributed by atoms with Crippen molar-refractivity contribution in [2.75, 3.05) is 23.3 Å². The minimum atomic E-state index is -0.160. The smallest absolute Gasteiger partial charge is 0.241 e. The zero-order valence-corrected chi connectivity index (χ0v) is 20.6. The molecule has 5 rings (SSSR count). The van der Waals surface area contributed by atoms with Gasteiger partial charge in [0.25, 0.3) is 0 Å². The van der Waals surface area contributed by atoms with Crippen LogP contribution in [0.3, 0.4) is 0 Å². The summed E-state index contributed by atoms with van der Waals surface area (Å²) in [6.45, 7) is 8.23. The average molecular weight is 464 g/mol. The van der Waals surface area contributed by atoms with E-state index in [1.165, 1.54) is 11.3 Å². The maximum atomic E-state index is 10.0. The predicted molar refractivity (Wildman–Crippen MR) is 135 cm³/mol. The Morgan fingerprint density at radius 2 is 1.85 bits per heavy atom. The average Bonchev–Trinajstić information content (AvgIpc) is 3.23. The molecule has 8 heteroatoms. The van der Waals surface area contributed by atoms with Crippen LogP contribution in [0.4, 0.5) is 11.9 Å². The summed E-state index contributed by atoms with van der Waals surface area (Å²) in [5.41, 5.74) is 4.77. The minimum Gasteiger partial charge on any atom is -0.393 e. The molecule has 0 radical (unpaired) electrons. The van der Waals surface area contributed by atoms with Gasteiger partial charge in [-0.2, -0.15) is 0 Å². The Hall–Kier alpha value is -2.74. The Kier molecular flexibility index (Phi) is 6.68. The van der Waals surface area contributed by atoms with Crippen LogP contribution >= 0.6 is 0 Å². The third kappa shape index (κ3) is 4.73. The number of nitrogens with one attached hydrogen (secondary N) is 1. The van der Waals surface area contributed by atoms with Gasteiger partial charge in [0, 0.05) is 42.6 Å². The summed E-state index contributed by atoms with van der Waals surface area (Å²) in [4.78, 5) is 16.1. The predicted octanol–water partition coefficient (Wildman–Crippen LogP) is 4.44. The fourth-order valence-corrected chi connectivity index (χ4v) is 5.40. The first-order valence-corrected chi connectivity index (χ1v) is 12.9. The van der Waals surface area contributed by atoms with Crippen molar-refractivity contribution in [2.24, 2.45) is 0 Å². The lowest BCUT2D eigenvalue weighted by Crippen LogP contribution is -2.34. The molecule has 0 unspecified atom stereocenters. The number of aromatic nitrogens is 5. The van der Waals surface area contributed by atoms with Crippen LogP contribution in [-0.2, 0) is 0 Å². The molecule has 1 atom stereocenters. The lowest BCUT2D eigenvalue weighted by atomic mass is 9.84. The van der Waals surface area contributed by atoms with Gasteiger partial charge in [-0.15, -0.1) is 5.10 Å². The molecule has 2 aliphatic rings. The van der Waals surface area contributed by atoms with Gasteiger partial charge >= 0.3 is 0 Å². The topological polar surface area (TPSA) is 91.5 Å². The standard InChI is InChI=1S/C26H37N7O/c1-4-17(2)29-25-28-16-24-22(15-23(33(24)31-25)20-5-7-21(34)8-6-20)19-10-13-32(14-11-19)26-27-12-9-18(3)30-26/h9,12,15-17,19-21,34H,4-8,10-11,13-14H2,1-3H3,(H,29,31)/t17-,20?,21?/m0/s1. The van der Waals surface area contributed by atoms with E-state index in [0.29, 0.717) is 23.8 Å². The van der Waals surface area contributed by atoms with Gasteiger partial charge < -0.3 is 15.3 Å². The van der Waals surface area contributed by atoms with E-state index >= 15 is 0 Å². The molecule has 1 saturated carbocycles. The van der Waals surface area contributed by atoms with Crippen molar-refractivity contribution >= 4 is 17.4 Å². The van der Waals surface area contributed by atoms with Gasteiger partial charge in [0.05, 0.1) is 17.8 Å². The number of piperidine rings is 1. The molecule has 1 aliphatic carbocycles. The van der Waals surface area contributed by atoms with E-state index in [0.717, 1.165) is 75.2 Å². The van der Waals surface area contributed by atoms with Crippen LogP contribution in [0, 0.1) is 6.92 Å². The summed E-state index contributed by atoms with van der Waals surface area (Å²) in [7, 11) is 0. The van der Waals surface area contributed by atoms with E-state index in [9.17, 15) is 5.11 Å². The van der Waals surface area contributed by atoms with E-state index in [4.69, 9.17) is 5.10 Å². The van der Waals surface area contributed by atoms with Crippen LogP contribution in [0.1, 0.15) is 87.6 Å². The number of aryl methyl sites for hydroxylation is 1. The Morgan fingerprint density at radius 3 is 2.56 bits per heavy atom. The van der Waals surface area contributed by atoms with Gasteiger partial charge in [0.15, 0.2) is 0 Å². The summed E-state index contributed by atoms with van der Waals surface area (Å²) >= 11 is 0. The van der Waals surface area contributed by atoms with Crippen molar-refractivity contribution < 1.29 is 5.11 Å². The van der Waals surface area contributed by atoms with Gasteiger partial charge in [0.1, 0.15) is 0 Å². The highest BCUT2D eigenvalue weighted by Crippen LogP contribution is 2.39. The van der Waals surface area contributed by atoms with Crippen LogP contribution in [0.15, 0.2) is 24.5 Å². The second-order valence-corrected chi connectivity index (χ2v) is 10.1. The normalized spacial score (nSPS) is 22.8. The highest BCUT2D eigenvalue weighted by molar-refractivity contribution is 5.59. The molecule has 3 aromatic heterocycles. The first kappa shape index (κ1) is 23.0. The van der Waals surface area contributed by atoms with Gasteiger partial charge in [-0.05, 0) is 82.4 Å². The monoisotopic (exact) mass is 463 g/mol. The first-order valence-electron chi connectivity index (χ1n) is 12.9. The number of aliphatic hydroxyl groups excluding tert-OH is 1. The molecular formula is C26H37N7O. The van der Waals surface area contributed by atoms with Crippen molar-refractivity contribution in [1.29, 1.82) is 0 Å². The summed E-state index contributed by atoms with van der Waals surface area (Å²) in [5, 5.41) is 18.4. The van der Waals surface area contributed by atoms with Gasteiger partial charge in [-0.25, -0.2) is 19.5 Å². The molecule has 0 aromatic carbocycles. The molecule has 0 bridgehead atoms. The van der Waals surface area contributed by atoms with Crippen LogP contribution in [0.2, 0.25) is 0 Å². The molecule has 4 heterocycles. The molecule has 3 aromatic rings. The third-order valence-electron chi connectivity index (χ3n) is 7.68. The van der Waals surface area contributed by atoms with Crippen molar-refractivity contribution in [2.45, 2.75) is 89.7 Å². The number of anilines is 2. The van der Waals surface area contributed by atoms with Crippen molar-refractivity contribution in [3.63, 3.8) is 0 Å². The van der Waals surface area contributed by atoms with E-state index in [1.807, 2.05) is 25.4 Å². The fourth-order valence-electron chi connectivity index (χ4n) is 5.40. The molecule has 34 heavy (non-hydrogen) atoms. The van der Waals surface area contributed by atoms with E-state index < -0.39 is 0 Å². The maximum absolute atomic E-state index is 10.0. The number of fused-ring (bicyclic) bond motifs is 1. The molecule has 182 valence electrons. The lowest BCUT2D eigenvalue weighted by molar-refractivity contribution is 0.121. The van der Waals surface area contributed by atoms with Crippen LogP contribution in [0.5, 0.6) is 0 Å². The third-order valence-corrected chi connectivity index (χ3v) is 7.68. The van der Waals surface area contributed by atoms with E-state index in [2.05, 4.69) is 49.6 Å². The van der Waals surface area contributed by atoms with Crippen LogP contribution in [0.25, 0.3) is 5.52 Å². The summed E-state index contributed by atoms with van der Waals surface area (Å²) in [6.07, 6.45) is 10.6. The molecule has 1 aliphatic heterocycles. The van der Waals surface area contributed by atoms with Gasteiger partial charge in [0.2, 0.25) is 11.9 Å². The molecule has 0 spiro atoms. The highest BCUT2D eigenvalue weighted by atomic mass is 16.3. The second-order valence-electron chi connectivity index (χ2n) is 10.1. The van der Waals surface area contributed by atoms with E-state index in [-0.39, 0.29) is 6.10 Å². The molecular weight excluding hydrogens is 426 g/mol. The SMILES string of the molecule is CC[C@H](C)Nc1ncc2c(C3CCN(c4nccc(C)n4)CC3)cc(C3CCC(O)CC3)n2n1. The maximum Gasteiger partial charge on any atom is 0.241 e. The molecule has 0 amide bonds. The van der Waals surface area contributed by atoms with Gasteiger partial charge in [-0.1, -0.05) is 6.92 Å². The second kappa shape index (κ2) is 9.86. The lowest BCUT2D eigenvalue weighted by Gasteiger charge is -2.32. The quantitative estimate of drug-likeness (QED) is 0.558. The van der Waals surface area contributed by atoms with E-state index in [1.54, 1.807) is 0 Å². The number of hydrogen-bond acceptors (Lipinski definition) is 7. The van der Waals surface area contributed by atoms with Crippen molar-refractivity contribution in [1.82, 2.24) is 24.6 Å². The number of aliphatic hydroxyl groups is 1. The Balaban J connectivity index is 1.42. The summed E-state index contributed by atoms with van der Waals surface area (Å²) in [6, 6.07) is 4.66. The number of rotatable bonds is 6. The zero-order chi connectivity index (χ0) is 23.7. The van der Waals surface area contributed by atoms with Crippen LogP contribution in [-0.4, -0.2) is 54.9 Å². The zero-order valence-electron chi connectivity index (χ0n) is 20.6. The number of nitrogens with zero attached hydrogens (tertiary/aromatic N) is 6. The first-order chi connectivity index (χ1) is 16.5. The summed E-state index contributed by atoms with van der Waals surface area (Å²) in [5.74, 6) is 2.42. The Morgan fingerprint density at radius 1 is 1.09 bits per heavy atom. The van der Waals surface area contributed by atoms with Crippen LogP contribution < -0.4 is 10.2 Å². The fraction of sp³-hybridized carbons (Fsp3) is 0.615. The molecule has 2 N–H and O–H groups in total. The van der Waals surface area contributed by atoms with Gasteiger partial charge in [-0.3, -0.25) is 0 Å². The largest absolute Gasteiger partial charge is 0.393 e. The molecule has 1 saturated heterocycles. The highest BCUT2D eigenvalue weighted by Gasteiger charge is 2.29. The van der Waals surface area contributed by atoms with Crippen molar-refractivity contribution in [3.8, 4) is 0 Å². The molecule has 2 fully saturated rings.